The molecule has 1 aromatic heterocycles. The highest BCUT2D eigenvalue weighted by Crippen LogP contribution is 2.60. The topological polar surface area (TPSA) is 121 Å². The van der Waals surface area contributed by atoms with Crippen LogP contribution in [-0.2, 0) is 39.4 Å². The van der Waals surface area contributed by atoms with Gasteiger partial charge in [-0.2, -0.15) is 0 Å². The third-order valence-corrected chi connectivity index (χ3v) is 11.4. The van der Waals surface area contributed by atoms with Gasteiger partial charge in [-0.1, -0.05) is 42.5 Å². The fourth-order valence-corrected chi connectivity index (χ4v) is 9.55. The molecule has 3 aromatic rings. The van der Waals surface area contributed by atoms with Gasteiger partial charge < -0.3 is 24.4 Å². The number of nitrogens with zero attached hydrogens (tertiary/aromatic N) is 5. The van der Waals surface area contributed by atoms with Crippen LogP contribution in [0.15, 0.2) is 54.7 Å². The van der Waals surface area contributed by atoms with E-state index in [9.17, 15) is 19.5 Å². The predicted octanol–water partition coefficient (Wildman–Crippen LogP) is 2.98. The number of carbonyl (C=O) groups is 2. The molecule has 0 unspecified atom stereocenters. The van der Waals surface area contributed by atoms with Crippen molar-refractivity contribution in [3.63, 3.8) is 0 Å². The van der Waals surface area contributed by atoms with E-state index in [0.717, 1.165) is 22.5 Å². The molecule has 2 saturated heterocycles. The molecule has 0 saturated carbocycles. The van der Waals surface area contributed by atoms with E-state index in [1.165, 1.54) is 0 Å². The van der Waals surface area contributed by atoms with E-state index in [-0.39, 0.29) is 36.0 Å². The number of fused-ring (bicyclic) bond motifs is 2. The van der Waals surface area contributed by atoms with Gasteiger partial charge in [0.15, 0.2) is 13.9 Å². The minimum atomic E-state index is -2.82. The first kappa shape index (κ1) is 27.8. The summed E-state index contributed by atoms with van der Waals surface area (Å²) in [7, 11) is -2.82. The number of β-lactam (4-membered cyclic amide) rings is 1. The largest absolute Gasteiger partial charge is 0.432 e. The first-order valence-electron chi connectivity index (χ1n) is 14.3. The van der Waals surface area contributed by atoms with Crippen molar-refractivity contribution in [1.82, 2.24) is 15.0 Å². The lowest BCUT2D eigenvalue weighted by molar-refractivity contribution is -0.146. The Labute approximate surface area is 240 Å². The van der Waals surface area contributed by atoms with Gasteiger partial charge in [0.1, 0.15) is 0 Å². The Bertz CT molecular complexity index is 1460. The van der Waals surface area contributed by atoms with Crippen LogP contribution in [0.4, 0.5) is 11.4 Å². The Hall–Kier alpha value is -3.38. The molecule has 216 valence electrons. The zero-order valence-electron chi connectivity index (χ0n) is 23.7. The van der Waals surface area contributed by atoms with Gasteiger partial charge in [-0.25, -0.2) is 0 Å². The molecule has 11 heteroatoms. The number of aliphatic hydroxyl groups excluding tert-OH is 1. The first-order chi connectivity index (χ1) is 19.6. The molecule has 10 nitrogen and oxygen atoms in total. The van der Waals surface area contributed by atoms with E-state index >= 15 is 0 Å². The maximum Gasteiger partial charge on any atom is 0.264 e. The molecule has 4 atom stereocenters. The van der Waals surface area contributed by atoms with Gasteiger partial charge in [0, 0.05) is 61.4 Å². The van der Waals surface area contributed by atoms with Crippen LogP contribution in [-0.4, -0.2) is 64.3 Å². The highest BCUT2D eigenvalue weighted by Gasteiger charge is 2.66. The molecule has 41 heavy (non-hydrogen) atoms. The normalized spacial score (nSPS) is 25.7. The smallest absolute Gasteiger partial charge is 0.264 e. The zero-order chi connectivity index (χ0) is 28.9. The fraction of sp³-hybridized carbons (Fsp3) is 0.467. The van der Waals surface area contributed by atoms with Crippen molar-refractivity contribution in [2.24, 2.45) is 5.92 Å². The summed E-state index contributed by atoms with van der Waals surface area (Å²) in [6.07, 6.45) is 2.93. The quantitative estimate of drug-likeness (QED) is 0.297. The van der Waals surface area contributed by atoms with Crippen LogP contribution in [0.3, 0.4) is 0 Å². The van der Waals surface area contributed by atoms with Gasteiger partial charge in [-0.05, 0) is 43.3 Å². The van der Waals surface area contributed by atoms with Crippen molar-refractivity contribution in [3.8, 4) is 0 Å². The predicted molar refractivity (Wildman–Crippen MR) is 156 cm³/mol. The van der Waals surface area contributed by atoms with Gasteiger partial charge in [-0.15, -0.1) is 5.10 Å². The van der Waals surface area contributed by atoms with Crippen LogP contribution in [0.5, 0.6) is 0 Å². The van der Waals surface area contributed by atoms with Crippen molar-refractivity contribution in [2.75, 3.05) is 23.0 Å². The van der Waals surface area contributed by atoms with Crippen molar-refractivity contribution in [3.05, 3.63) is 71.5 Å². The Kier molecular flexibility index (Phi) is 7.09. The molecular weight excluding hydrogens is 538 g/mol. The lowest BCUT2D eigenvalue weighted by Crippen LogP contribution is -2.46. The first-order valence-corrected chi connectivity index (χ1v) is 17.4. The van der Waals surface area contributed by atoms with Crippen LogP contribution in [0, 0.1) is 5.92 Å². The van der Waals surface area contributed by atoms with Gasteiger partial charge in [0.2, 0.25) is 5.91 Å². The van der Waals surface area contributed by atoms with Crippen molar-refractivity contribution in [1.29, 1.82) is 0 Å². The summed E-state index contributed by atoms with van der Waals surface area (Å²) >= 11 is 0. The van der Waals surface area contributed by atoms with Crippen LogP contribution in [0.25, 0.3) is 0 Å². The maximum atomic E-state index is 14.6. The number of aromatic nitrogens is 3. The molecule has 1 spiro atoms. The molecule has 3 aliphatic heterocycles. The van der Waals surface area contributed by atoms with Gasteiger partial charge >= 0.3 is 0 Å². The lowest BCUT2D eigenvalue weighted by atomic mass is 9.82. The number of amides is 2. The Morgan fingerprint density at radius 2 is 1.93 bits per heavy atom. The summed E-state index contributed by atoms with van der Waals surface area (Å²) in [5, 5.41) is 17.5. The van der Waals surface area contributed by atoms with E-state index in [2.05, 4.69) is 10.3 Å². The van der Waals surface area contributed by atoms with Gasteiger partial charge in [0.05, 0.1) is 24.0 Å². The Morgan fingerprint density at radius 3 is 2.59 bits per heavy atom. The minimum Gasteiger partial charge on any atom is -0.432 e. The minimum absolute atomic E-state index is 0.00283. The molecule has 0 bridgehead atoms. The number of ether oxygens (including phenoxy) is 1. The molecule has 0 radical (unpaired) electrons. The van der Waals surface area contributed by atoms with E-state index in [4.69, 9.17) is 4.74 Å². The number of hydrogen-bond donors (Lipinski definition) is 2. The van der Waals surface area contributed by atoms with E-state index < -0.39 is 13.9 Å². The van der Waals surface area contributed by atoms with E-state index in [1.807, 2.05) is 74.7 Å². The third-order valence-electron chi connectivity index (χ3n) is 8.91. The Balaban J connectivity index is 1.39. The van der Waals surface area contributed by atoms with Gasteiger partial charge in [0.25, 0.3) is 5.91 Å². The highest BCUT2D eigenvalue weighted by atomic mass is 28.4. The second-order valence-corrected chi connectivity index (χ2v) is 15.9. The van der Waals surface area contributed by atoms with Crippen LogP contribution >= 0.6 is 0 Å². The molecule has 2 amide bonds. The number of aliphatic hydroxyl groups is 1. The summed E-state index contributed by atoms with van der Waals surface area (Å²) in [4.78, 5) is 42.0. The summed E-state index contributed by atoms with van der Waals surface area (Å²) in [5.74, 6) is -0.361. The number of anilines is 2. The second kappa shape index (κ2) is 10.5. The summed E-state index contributed by atoms with van der Waals surface area (Å²) in [6, 6.07) is 15.7. The molecule has 2 fully saturated rings. The number of aryl methyl sites for hydroxylation is 1. The molecule has 0 aliphatic carbocycles. The van der Waals surface area contributed by atoms with Crippen LogP contribution in [0.1, 0.15) is 36.6 Å². The summed E-state index contributed by atoms with van der Waals surface area (Å²) in [6.45, 7) is 7.41. The maximum absolute atomic E-state index is 14.6. The standard InChI is InChI=1S/C30H37N5O5Si/c1-20-28(41(2,3)39)26(11-14-33-19-22(13-16-36)31-32-33)40-30(20)24-17-23(34-15-12-27(34)37)9-10-25(24)35(29(30)38)18-21-7-5-4-6-8-21/h4-10,17,19-20,26,28,36,39H,11-16,18H2,1-3H3/t20-,26+,28-,30+/m0/s1. The molecular formula is C30H37N5O5Si. The second-order valence-electron chi connectivity index (χ2n) is 12.0. The van der Waals surface area contributed by atoms with Crippen molar-refractivity contribution in [2.45, 2.75) is 69.6 Å². The number of carbonyl (C=O) groups excluding carboxylic acids is 2. The molecule has 4 heterocycles. The van der Waals surface area contributed by atoms with Gasteiger partial charge in [-0.3, -0.25) is 14.3 Å². The van der Waals surface area contributed by atoms with E-state index in [1.54, 1.807) is 14.5 Å². The zero-order valence-corrected chi connectivity index (χ0v) is 24.7. The lowest BCUT2D eigenvalue weighted by Gasteiger charge is -2.33. The Morgan fingerprint density at radius 1 is 1.15 bits per heavy atom. The summed E-state index contributed by atoms with van der Waals surface area (Å²) in [5.41, 5.74) is 2.54. The number of benzene rings is 2. The number of rotatable bonds is 9. The number of hydrogen-bond acceptors (Lipinski definition) is 7. The highest BCUT2D eigenvalue weighted by molar-refractivity contribution is 6.71. The SMILES string of the molecule is C[C@H]1[C@H]([Si](C)(C)O)[C@@H](CCn2cc(CCO)nn2)O[C@]12C(=O)N(Cc1ccccc1)c1ccc(N3CCC3=O)cc12. The van der Waals surface area contributed by atoms with Crippen molar-refractivity contribution < 1.29 is 24.2 Å². The molecule has 3 aliphatic rings. The third kappa shape index (κ3) is 4.70. The molecule has 6 rings (SSSR count). The van der Waals surface area contributed by atoms with Crippen LogP contribution in [0.2, 0.25) is 18.6 Å². The summed E-state index contributed by atoms with van der Waals surface area (Å²) < 4.78 is 8.66. The molecule has 2 N–H and O–H groups in total. The molecule has 2 aromatic carbocycles. The van der Waals surface area contributed by atoms with Crippen molar-refractivity contribution >= 4 is 31.5 Å². The van der Waals surface area contributed by atoms with Crippen LogP contribution < -0.4 is 9.80 Å². The van der Waals surface area contributed by atoms with E-state index in [0.29, 0.717) is 44.6 Å². The monoisotopic (exact) mass is 575 g/mol. The average molecular weight is 576 g/mol. The fourth-order valence-electron chi connectivity index (χ4n) is 6.95. The average Bonchev–Trinajstić information content (AvgIpc) is 3.57.